The van der Waals surface area contributed by atoms with Gasteiger partial charge in [-0.15, -0.1) is 0 Å². The minimum atomic E-state index is -3.74. The standard InChI is InChI=1S/C10H18N2O6S/c1-8(10(15)18-2)19(16,17)12-5-3-11(4-6-12)7-9(13)14/h8H,3-7H2,1-2H3,(H,13,14). The van der Waals surface area contributed by atoms with Gasteiger partial charge in [-0.2, -0.15) is 4.31 Å². The van der Waals surface area contributed by atoms with E-state index in [-0.39, 0.29) is 19.6 Å². The summed E-state index contributed by atoms with van der Waals surface area (Å²) in [6.45, 7) is 2.19. The number of nitrogens with zero attached hydrogens (tertiary/aromatic N) is 2. The maximum absolute atomic E-state index is 12.1. The van der Waals surface area contributed by atoms with Gasteiger partial charge in [0.25, 0.3) is 0 Å². The van der Waals surface area contributed by atoms with Gasteiger partial charge in [0.1, 0.15) is 0 Å². The van der Waals surface area contributed by atoms with Crippen molar-refractivity contribution in [2.75, 3.05) is 39.8 Å². The van der Waals surface area contributed by atoms with E-state index in [0.29, 0.717) is 13.1 Å². The van der Waals surface area contributed by atoms with Crippen LogP contribution in [0.4, 0.5) is 0 Å². The molecule has 110 valence electrons. The SMILES string of the molecule is COC(=O)C(C)S(=O)(=O)N1CCN(CC(=O)O)CC1. The first-order valence-electron chi connectivity index (χ1n) is 5.80. The van der Waals surface area contributed by atoms with Gasteiger partial charge in [0.15, 0.2) is 5.25 Å². The van der Waals surface area contributed by atoms with E-state index in [9.17, 15) is 18.0 Å². The number of aliphatic carboxylic acids is 1. The normalized spacial score (nSPS) is 19.9. The van der Waals surface area contributed by atoms with Crippen LogP contribution in [0, 0.1) is 0 Å². The van der Waals surface area contributed by atoms with Crippen LogP contribution in [0.1, 0.15) is 6.92 Å². The molecule has 0 aromatic heterocycles. The molecule has 1 aliphatic rings. The second-order valence-corrected chi connectivity index (χ2v) is 6.53. The van der Waals surface area contributed by atoms with E-state index in [1.54, 1.807) is 4.90 Å². The number of esters is 1. The highest BCUT2D eigenvalue weighted by Gasteiger charge is 2.36. The molecule has 0 saturated carbocycles. The molecule has 1 rings (SSSR count). The van der Waals surface area contributed by atoms with Crippen LogP contribution in [0.5, 0.6) is 0 Å². The predicted octanol–water partition coefficient (Wildman–Crippen LogP) is -1.42. The Bertz CT molecular complexity index is 441. The topological polar surface area (TPSA) is 104 Å². The van der Waals surface area contributed by atoms with E-state index >= 15 is 0 Å². The quantitative estimate of drug-likeness (QED) is 0.620. The lowest BCUT2D eigenvalue weighted by molar-refractivity contribution is -0.140. The second kappa shape index (κ2) is 6.31. The number of carboxylic acid groups (broad SMARTS) is 1. The monoisotopic (exact) mass is 294 g/mol. The van der Waals surface area contributed by atoms with Crippen LogP contribution in [0.2, 0.25) is 0 Å². The van der Waals surface area contributed by atoms with Crippen LogP contribution in [0.3, 0.4) is 0 Å². The fourth-order valence-corrected chi connectivity index (χ4v) is 3.30. The summed E-state index contributed by atoms with van der Waals surface area (Å²) >= 11 is 0. The van der Waals surface area contributed by atoms with Gasteiger partial charge >= 0.3 is 11.9 Å². The van der Waals surface area contributed by atoms with Gasteiger partial charge in [0, 0.05) is 26.2 Å². The largest absolute Gasteiger partial charge is 0.480 e. The Balaban J connectivity index is 2.64. The predicted molar refractivity (Wildman–Crippen MR) is 66.0 cm³/mol. The zero-order valence-corrected chi connectivity index (χ0v) is 11.7. The number of carboxylic acids is 1. The summed E-state index contributed by atoms with van der Waals surface area (Å²) in [6.07, 6.45) is 0. The van der Waals surface area contributed by atoms with Crippen LogP contribution in [-0.2, 0) is 24.3 Å². The zero-order chi connectivity index (χ0) is 14.6. The molecule has 1 saturated heterocycles. The van der Waals surface area contributed by atoms with Gasteiger partial charge in [-0.05, 0) is 6.92 Å². The molecule has 1 heterocycles. The summed E-state index contributed by atoms with van der Waals surface area (Å²) in [5.41, 5.74) is 0. The molecule has 19 heavy (non-hydrogen) atoms. The summed E-state index contributed by atoms with van der Waals surface area (Å²) in [5, 5.41) is 7.40. The second-order valence-electron chi connectivity index (χ2n) is 4.28. The van der Waals surface area contributed by atoms with Crippen LogP contribution < -0.4 is 0 Å². The lowest BCUT2D eigenvalue weighted by Gasteiger charge is -2.33. The number of hydrogen-bond acceptors (Lipinski definition) is 6. The van der Waals surface area contributed by atoms with Gasteiger partial charge in [0.2, 0.25) is 10.0 Å². The Morgan fingerprint density at radius 3 is 2.21 bits per heavy atom. The Labute approximate surface area is 112 Å². The lowest BCUT2D eigenvalue weighted by atomic mass is 10.3. The highest BCUT2D eigenvalue weighted by atomic mass is 32.2. The third kappa shape index (κ3) is 3.88. The third-order valence-corrected chi connectivity index (χ3v) is 5.20. The molecule has 1 unspecified atom stereocenters. The van der Waals surface area contributed by atoms with Crippen molar-refractivity contribution in [2.24, 2.45) is 0 Å². The summed E-state index contributed by atoms with van der Waals surface area (Å²) in [4.78, 5) is 23.5. The molecule has 1 fully saturated rings. The van der Waals surface area contributed by atoms with Crippen LogP contribution >= 0.6 is 0 Å². The minimum Gasteiger partial charge on any atom is -0.480 e. The van der Waals surface area contributed by atoms with Crippen molar-refractivity contribution in [3.63, 3.8) is 0 Å². The Morgan fingerprint density at radius 1 is 1.26 bits per heavy atom. The maximum atomic E-state index is 12.1. The molecule has 0 amide bonds. The smallest absolute Gasteiger partial charge is 0.325 e. The fraction of sp³-hybridized carbons (Fsp3) is 0.800. The molecular weight excluding hydrogens is 276 g/mol. The lowest BCUT2D eigenvalue weighted by Crippen LogP contribution is -2.52. The molecule has 0 spiro atoms. The highest BCUT2D eigenvalue weighted by Crippen LogP contribution is 2.13. The number of ether oxygens (including phenoxy) is 1. The van der Waals surface area contributed by atoms with Crippen molar-refractivity contribution in [1.82, 2.24) is 9.21 Å². The van der Waals surface area contributed by atoms with Crippen LogP contribution in [-0.4, -0.2) is 79.8 Å². The van der Waals surface area contributed by atoms with Crippen molar-refractivity contribution < 1.29 is 27.9 Å². The maximum Gasteiger partial charge on any atom is 0.325 e. The first-order chi connectivity index (χ1) is 8.78. The number of piperazine rings is 1. The summed E-state index contributed by atoms with van der Waals surface area (Å²) in [6, 6.07) is 0. The van der Waals surface area contributed by atoms with E-state index in [4.69, 9.17) is 5.11 Å². The molecular formula is C10H18N2O6S. The van der Waals surface area contributed by atoms with Gasteiger partial charge in [-0.3, -0.25) is 14.5 Å². The number of carbonyl (C=O) groups is 2. The number of methoxy groups -OCH3 is 1. The summed E-state index contributed by atoms with van der Waals surface area (Å²) < 4.78 is 29.8. The molecule has 0 aromatic carbocycles. The Hall–Kier alpha value is -1.19. The van der Waals surface area contributed by atoms with Crippen molar-refractivity contribution in [2.45, 2.75) is 12.2 Å². The molecule has 9 heteroatoms. The zero-order valence-electron chi connectivity index (χ0n) is 10.9. The van der Waals surface area contributed by atoms with E-state index in [1.807, 2.05) is 0 Å². The van der Waals surface area contributed by atoms with E-state index in [0.717, 1.165) is 7.11 Å². The third-order valence-electron chi connectivity index (χ3n) is 3.03. The number of hydrogen-bond donors (Lipinski definition) is 1. The van der Waals surface area contributed by atoms with Crippen molar-refractivity contribution in [1.29, 1.82) is 0 Å². The van der Waals surface area contributed by atoms with E-state index in [2.05, 4.69) is 4.74 Å². The minimum absolute atomic E-state index is 0.111. The van der Waals surface area contributed by atoms with E-state index in [1.165, 1.54) is 11.2 Å². The van der Waals surface area contributed by atoms with Gasteiger partial charge in [-0.25, -0.2) is 8.42 Å². The average molecular weight is 294 g/mol. The summed E-state index contributed by atoms with van der Waals surface area (Å²) in [7, 11) is -2.60. The molecule has 0 radical (unpaired) electrons. The highest BCUT2D eigenvalue weighted by molar-refractivity contribution is 7.90. The first-order valence-corrected chi connectivity index (χ1v) is 7.30. The number of sulfonamides is 1. The average Bonchev–Trinajstić information content (AvgIpc) is 2.36. The van der Waals surface area contributed by atoms with Crippen molar-refractivity contribution >= 4 is 22.0 Å². The Morgan fingerprint density at radius 2 is 1.79 bits per heavy atom. The first kappa shape index (κ1) is 15.9. The molecule has 0 bridgehead atoms. The fourth-order valence-electron chi connectivity index (χ4n) is 1.84. The number of rotatable bonds is 5. The Kier molecular flexibility index (Phi) is 5.27. The van der Waals surface area contributed by atoms with Crippen molar-refractivity contribution in [3.05, 3.63) is 0 Å². The van der Waals surface area contributed by atoms with Crippen LogP contribution in [0.25, 0.3) is 0 Å². The molecule has 0 aliphatic carbocycles. The van der Waals surface area contributed by atoms with Gasteiger partial charge in [0.05, 0.1) is 13.7 Å². The van der Waals surface area contributed by atoms with Gasteiger partial charge in [-0.1, -0.05) is 0 Å². The molecule has 1 aliphatic heterocycles. The molecule has 1 N–H and O–H groups in total. The van der Waals surface area contributed by atoms with E-state index < -0.39 is 27.2 Å². The molecule has 8 nitrogen and oxygen atoms in total. The van der Waals surface area contributed by atoms with Crippen LogP contribution in [0.15, 0.2) is 0 Å². The van der Waals surface area contributed by atoms with Gasteiger partial charge < -0.3 is 9.84 Å². The summed E-state index contributed by atoms with van der Waals surface area (Å²) in [5.74, 6) is -1.74. The molecule has 0 aromatic rings. The molecule has 1 atom stereocenters. The van der Waals surface area contributed by atoms with Crippen molar-refractivity contribution in [3.8, 4) is 0 Å². The number of carbonyl (C=O) groups excluding carboxylic acids is 1.